The van der Waals surface area contributed by atoms with Gasteiger partial charge in [0, 0.05) is 18.0 Å². The minimum absolute atomic E-state index is 0.193. The van der Waals surface area contributed by atoms with Crippen molar-refractivity contribution in [3.05, 3.63) is 35.9 Å². The molecule has 2 atom stereocenters. The Bertz CT molecular complexity index is 437. The van der Waals surface area contributed by atoms with Crippen molar-refractivity contribution in [3.63, 3.8) is 0 Å². The molecule has 3 nitrogen and oxygen atoms in total. The van der Waals surface area contributed by atoms with Gasteiger partial charge in [0.15, 0.2) is 0 Å². The standard InChI is InChI=1S/C16H22N2O/c17-12-6-8-13(9-7-12)18-16(19)15-10-14(15)11-4-2-1-3-5-11/h1-5,12-15H,6-10,17H2,(H,18,19). The maximum Gasteiger partial charge on any atom is 0.223 e. The van der Waals surface area contributed by atoms with Crippen molar-refractivity contribution >= 4 is 5.91 Å². The lowest BCUT2D eigenvalue weighted by Crippen LogP contribution is -2.41. The number of carbonyl (C=O) groups is 1. The second-order valence-electron chi connectivity index (χ2n) is 5.98. The lowest BCUT2D eigenvalue weighted by atomic mass is 9.91. The molecule has 0 bridgehead atoms. The summed E-state index contributed by atoms with van der Waals surface area (Å²) < 4.78 is 0. The lowest BCUT2D eigenvalue weighted by Gasteiger charge is -2.26. The number of carbonyl (C=O) groups excluding carboxylic acids is 1. The first kappa shape index (κ1) is 12.7. The van der Waals surface area contributed by atoms with E-state index in [0.717, 1.165) is 32.1 Å². The monoisotopic (exact) mass is 258 g/mol. The molecule has 102 valence electrons. The van der Waals surface area contributed by atoms with E-state index in [1.807, 2.05) is 18.2 Å². The van der Waals surface area contributed by atoms with Crippen LogP contribution in [0.5, 0.6) is 0 Å². The third kappa shape index (κ3) is 2.98. The lowest BCUT2D eigenvalue weighted by molar-refractivity contribution is -0.123. The molecule has 3 N–H and O–H groups in total. The van der Waals surface area contributed by atoms with E-state index < -0.39 is 0 Å². The molecule has 2 aliphatic carbocycles. The maximum absolute atomic E-state index is 12.2. The molecular formula is C16H22N2O. The highest BCUT2D eigenvalue weighted by molar-refractivity contribution is 5.83. The van der Waals surface area contributed by atoms with Gasteiger partial charge < -0.3 is 11.1 Å². The maximum atomic E-state index is 12.2. The Labute approximate surface area is 114 Å². The highest BCUT2D eigenvalue weighted by atomic mass is 16.2. The van der Waals surface area contributed by atoms with Gasteiger partial charge in [-0.25, -0.2) is 0 Å². The molecule has 0 spiro atoms. The Morgan fingerprint density at radius 2 is 1.79 bits per heavy atom. The SMILES string of the molecule is NC1CCC(NC(=O)C2CC2c2ccccc2)CC1. The molecule has 0 aliphatic heterocycles. The Hall–Kier alpha value is -1.35. The zero-order chi connectivity index (χ0) is 13.2. The van der Waals surface area contributed by atoms with Gasteiger partial charge in [0.1, 0.15) is 0 Å². The molecule has 0 aromatic heterocycles. The Morgan fingerprint density at radius 1 is 1.11 bits per heavy atom. The van der Waals surface area contributed by atoms with Crippen LogP contribution in [0, 0.1) is 5.92 Å². The van der Waals surface area contributed by atoms with Crippen LogP contribution in [-0.2, 0) is 4.79 Å². The smallest absolute Gasteiger partial charge is 0.223 e. The summed E-state index contributed by atoms with van der Waals surface area (Å²) in [6, 6.07) is 11.0. The van der Waals surface area contributed by atoms with Crippen LogP contribution < -0.4 is 11.1 Å². The molecule has 2 unspecified atom stereocenters. The van der Waals surface area contributed by atoms with Gasteiger partial charge in [0.2, 0.25) is 5.91 Å². The number of hydrogen-bond donors (Lipinski definition) is 2. The molecular weight excluding hydrogens is 236 g/mol. The number of amides is 1. The minimum atomic E-state index is 0.193. The van der Waals surface area contributed by atoms with Crippen LogP contribution >= 0.6 is 0 Å². The van der Waals surface area contributed by atoms with Crippen LogP contribution in [0.2, 0.25) is 0 Å². The summed E-state index contributed by atoms with van der Waals surface area (Å²) in [5.41, 5.74) is 7.18. The molecule has 1 aromatic carbocycles. The molecule has 2 fully saturated rings. The third-order valence-corrected chi connectivity index (χ3v) is 4.47. The first-order valence-corrected chi connectivity index (χ1v) is 7.35. The van der Waals surface area contributed by atoms with Gasteiger partial charge in [0.05, 0.1) is 0 Å². The molecule has 2 saturated carbocycles. The second kappa shape index (κ2) is 5.33. The second-order valence-corrected chi connectivity index (χ2v) is 5.98. The molecule has 19 heavy (non-hydrogen) atoms. The van der Waals surface area contributed by atoms with Gasteiger partial charge in [-0.2, -0.15) is 0 Å². The molecule has 1 aromatic rings. The Morgan fingerprint density at radius 3 is 2.47 bits per heavy atom. The van der Waals surface area contributed by atoms with Crippen molar-refractivity contribution in [1.82, 2.24) is 5.32 Å². The summed E-state index contributed by atoms with van der Waals surface area (Å²) >= 11 is 0. The summed E-state index contributed by atoms with van der Waals surface area (Å²) in [6.45, 7) is 0. The topological polar surface area (TPSA) is 55.1 Å². The summed E-state index contributed by atoms with van der Waals surface area (Å²) in [7, 11) is 0. The average molecular weight is 258 g/mol. The normalized spacial score (nSPS) is 33.7. The van der Waals surface area contributed by atoms with Gasteiger partial charge >= 0.3 is 0 Å². The van der Waals surface area contributed by atoms with E-state index >= 15 is 0 Å². The molecule has 3 heteroatoms. The van der Waals surface area contributed by atoms with E-state index in [2.05, 4.69) is 17.4 Å². The zero-order valence-corrected chi connectivity index (χ0v) is 11.2. The van der Waals surface area contributed by atoms with Crippen molar-refractivity contribution in [2.75, 3.05) is 0 Å². The van der Waals surface area contributed by atoms with E-state index in [4.69, 9.17) is 5.73 Å². The predicted molar refractivity (Wildman–Crippen MR) is 75.7 cm³/mol. The van der Waals surface area contributed by atoms with E-state index in [1.165, 1.54) is 5.56 Å². The first-order valence-electron chi connectivity index (χ1n) is 7.35. The number of nitrogens with one attached hydrogen (secondary N) is 1. The number of nitrogens with two attached hydrogens (primary N) is 1. The zero-order valence-electron chi connectivity index (χ0n) is 11.2. The summed E-state index contributed by atoms with van der Waals surface area (Å²) in [6.07, 6.45) is 5.16. The van der Waals surface area contributed by atoms with Crippen molar-refractivity contribution in [3.8, 4) is 0 Å². The summed E-state index contributed by atoms with van der Waals surface area (Å²) in [4.78, 5) is 12.2. The summed E-state index contributed by atoms with van der Waals surface area (Å²) in [5, 5.41) is 3.21. The van der Waals surface area contributed by atoms with Crippen molar-refractivity contribution in [1.29, 1.82) is 0 Å². The van der Waals surface area contributed by atoms with Gasteiger partial charge in [-0.3, -0.25) is 4.79 Å². The average Bonchev–Trinajstić information content (AvgIpc) is 3.23. The van der Waals surface area contributed by atoms with E-state index in [0.29, 0.717) is 18.0 Å². The highest BCUT2D eigenvalue weighted by Gasteiger charge is 2.44. The Balaban J connectivity index is 1.50. The minimum Gasteiger partial charge on any atom is -0.353 e. The predicted octanol–water partition coefficient (Wildman–Crippen LogP) is 2.18. The molecule has 2 aliphatic rings. The largest absolute Gasteiger partial charge is 0.353 e. The van der Waals surface area contributed by atoms with Gasteiger partial charge in [-0.15, -0.1) is 0 Å². The van der Waals surface area contributed by atoms with Crippen LogP contribution in [0.1, 0.15) is 43.6 Å². The van der Waals surface area contributed by atoms with Gasteiger partial charge in [-0.1, -0.05) is 30.3 Å². The molecule has 0 radical (unpaired) electrons. The van der Waals surface area contributed by atoms with Crippen LogP contribution in [0.25, 0.3) is 0 Å². The number of benzene rings is 1. The summed E-state index contributed by atoms with van der Waals surface area (Å²) in [5.74, 6) is 0.874. The van der Waals surface area contributed by atoms with Crippen LogP contribution in [0.3, 0.4) is 0 Å². The van der Waals surface area contributed by atoms with Crippen LogP contribution in [0.15, 0.2) is 30.3 Å². The molecule has 0 heterocycles. The van der Waals surface area contributed by atoms with Crippen molar-refractivity contribution in [2.45, 2.75) is 50.1 Å². The molecule has 1 amide bonds. The van der Waals surface area contributed by atoms with Gasteiger partial charge in [-0.05, 0) is 43.6 Å². The van der Waals surface area contributed by atoms with Crippen molar-refractivity contribution in [2.24, 2.45) is 11.7 Å². The first-order chi connectivity index (χ1) is 9.24. The molecule has 3 rings (SSSR count). The van der Waals surface area contributed by atoms with Crippen molar-refractivity contribution < 1.29 is 4.79 Å². The molecule has 0 saturated heterocycles. The third-order valence-electron chi connectivity index (χ3n) is 4.47. The fraction of sp³-hybridized carbons (Fsp3) is 0.562. The number of hydrogen-bond acceptors (Lipinski definition) is 2. The van der Waals surface area contributed by atoms with E-state index in [-0.39, 0.29) is 11.8 Å². The van der Waals surface area contributed by atoms with Crippen LogP contribution in [0.4, 0.5) is 0 Å². The van der Waals surface area contributed by atoms with Gasteiger partial charge in [0.25, 0.3) is 0 Å². The fourth-order valence-electron chi connectivity index (χ4n) is 3.13. The van der Waals surface area contributed by atoms with E-state index in [9.17, 15) is 4.79 Å². The van der Waals surface area contributed by atoms with E-state index in [1.54, 1.807) is 0 Å². The highest BCUT2D eigenvalue weighted by Crippen LogP contribution is 2.47. The quantitative estimate of drug-likeness (QED) is 0.873. The number of rotatable bonds is 3. The Kier molecular flexibility index (Phi) is 3.56. The fourth-order valence-corrected chi connectivity index (χ4v) is 3.13. The van der Waals surface area contributed by atoms with Crippen LogP contribution in [-0.4, -0.2) is 18.0 Å².